The molecular weight excluding hydrogens is 212 g/mol. The number of fused-ring (bicyclic) bond motifs is 1. The lowest BCUT2D eigenvalue weighted by Crippen LogP contribution is -1.95. The lowest BCUT2D eigenvalue weighted by Gasteiger charge is -1.97. The average molecular weight is 224 g/mol. The third kappa shape index (κ3) is 1.81. The summed E-state index contributed by atoms with van der Waals surface area (Å²) in [6.45, 7) is 0.549. The van der Waals surface area contributed by atoms with E-state index in [1.807, 2.05) is 48.5 Å². The van der Waals surface area contributed by atoms with Gasteiger partial charge in [0.25, 0.3) is 0 Å². The van der Waals surface area contributed by atoms with Crippen molar-refractivity contribution in [2.24, 2.45) is 5.73 Å². The van der Waals surface area contributed by atoms with Gasteiger partial charge in [-0.05, 0) is 29.8 Å². The molecule has 0 fully saturated rings. The van der Waals surface area contributed by atoms with E-state index in [1.54, 1.807) is 0 Å². The van der Waals surface area contributed by atoms with Crippen LogP contribution in [0.5, 0.6) is 0 Å². The van der Waals surface area contributed by atoms with Gasteiger partial charge in [0.2, 0.25) is 5.89 Å². The van der Waals surface area contributed by atoms with Crippen LogP contribution in [0.15, 0.2) is 52.9 Å². The number of benzene rings is 2. The summed E-state index contributed by atoms with van der Waals surface area (Å²) < 4.78 is 5.69. The van der Waals surface area contributed by atoms with Crippen LogP contribution in [-0.4, -0.2) is 4.98 Å². The molecule has 1 aromatic heterocycles. The topological polar surface area (TPSA) is 52.0 Å². The van der Waals surface area contributed by atoms with Crippen molar-refractivity contribution in [3.05, 3.63) is 54.1 Å². The van der Waals surface area contributed by atoms with Crippen LogP contribution in [0, 0.1) is 0 Å². The first-order valence-electron chi connectivity index (χ1n) is 5.52. The van der Waals surface area contributed by atoms with Gasteiger partial charge >= 0.3 is 0 Å². The van der Waals surface area contributed by atoms with Crippen molar-refractivity contribution < 1.29 is 4.42 Å². The number of oxazole rings is 1. The Morgan fingerprint density at radius 1 is 1.00 bits per heavy atom. The first kappa shape index (κ1) is 10.1. The van der Waals surface area contributed by atoms with Crippen LogP contribution in [0.2, 0.25) is 0 Å². The predicted octanol–water partition coefficient (Wildman–Crippen LogP) is 2.95. The Hall–Kier alpha value is -2.13. The molecule has 3 heteroatoms. The van der Waals surface area contributed by atoms with Gasteiger partial charge in [-0.25, -0.2) is 4.98 Å². The lowest BCUT2D eigenvalue weighted by atomic mass is 10.1. The molecule has 3 nitrogen and oxygen atoms in total. The summed E-state index contributed by atoms with van der Waals surface area (Å²) in [4.78, 5) is 4.44. The van der Waals surface area contributed by atoms with Crippen LogP contribution < -0.4 is 5.73 Å². The quantitative estimate of drug-likeness (QED) is 0.728. The summed E-state index contributed by atoms with van der Waals surface area (Å²) in [5, 5.41) is 0. The molecular formula is C14H12N2O. The lowest BCUT2D eigenvalue weighted by molar-refractivity contribution is 0.620. The van der Waals surface area contributed by atoms with Crippen molar-refractivity contribution in [2.75, 3.05) is 0 Å². The highest BCUT2D eigenvalue weighted by molar-refractivity contribution is 5.75. The minimum absolute atomic E-state index is 0.549. The molecule has 0 saturated carbocycles. The molecule has 2 aromatic carbocycles. The summed E-state index contributed by atoms with van der Waals surface area (Å²) in [6.07, 6.45) is 0. The van der Waals surface area contributed by atoms with Crippen LogP contribution >= 0.6 is 0 Å². The Kier molecular flexibility index (Phi) is 2.38. The summed E-state index contributed by atoms with van der Waals surface area (Å²) >= 11 is 0. The Bertz CT molecular complexity index is 608. The first-order chi connectivity index (χ1) is 8.36. The molecule has 0 aliphatic carbocycles. The van der Waals surface area contributed by atoms with Gasteiger partial charge in [-0.1, -0.05) is 24.3 Å². The van der Waals surface area contributed by atoms with Crippen LogP contribution in [0.1, 0.15) is 5.56 Å². The third-order valence-corrected chi connectivity index (χ3v) is 2.73. The number of rotatable bonds is 2. The van der Waals surface area contributed by atoms with E-state index in [2.05, 4.69) is 4.98 Å². The van der Waals surface area contributed by atoms with Crippen molar-refractivity contribution in [1.29, 1.82) is 0 Å². The van der Waals surface area contributed by atoms with Gasteiger partial charge in [-0.2, -0.15) is 0 Å². The van der Waals surface area contributed by atoms with E-state index >= 15 is 0 Å². The van der Waals surface area contributed by atoms with Crippen LogP contribution in [-0.2, 0) is 6.54 Å². The Balaban J connectivity index is 2.07. The molecule has 0 bridgehead atoms. The van der Waals surface area contributed by atoms with E-state index in [0.29, 0.717) is 12.4 Å². The minimum atomic E-state index is 0.549. The monoisotopic (exact) mass is 224 g/mol. The van der Waals surface area contributed by atoms with Gasteiger partial charge in [0.15, 0.2) is 5.58 Å². The predicted molar refractivity (Wildman–Crippen MR) is 67.3 cm³/mol. The van der Waals surface area contributed by atoms with Crippen LogP contribution in [0.25, 0.3) is 22.6 Å². The maximum atomic E-state index is 5.69. The summed E-state index contributed by atoms with van der Waals surface area (Å²) in [7, 11) is 0. The molecule has 1 heterocycles. The summed E-state index contributed by atoms with van der Waals surface area (Å²) in [6, 6.07) is 15.7. The van der Waals surface area contributed by atoms with Crippen LogP contribution in [0.3, 0.4) is 0 Å². The molecule has 0 unspecified atom stereocenters. The van der Waals surface area contributed by atoms with Gasteiger partial charge in [0, 0.05) is 12.1 Å². The molecule has 3 aromatic rings. The van der Waals surface area contributed by atoms with E-state index < -0.39 is 0 Å². The van der Waals surface area contributed by atoms with Crippen molar-refractivity contribution in [2.45, 2.75) is 6.54 Å². The Labute approximate surface area is 98.9 Å². The number of para-hydroxylation sites is 2. The highest BCUT2D eigenvalue weighted by Crippen LogP contribution is 2.24. The third-order valence-electron chi connectivity index (χ3n) is 2.73. The van der Waals surface area contributed by atoms with E-state index in [-0.39, 0.29) is 0 Å². The number of hydrogen-bond acceptors (Lipinski definition) is 3. The van der Waals surface area contributed by atoms with Gasteiger partial charge in [0.05, 0.1) is 0 Å². The van der Waals surface area contributed by atoms with Gasteiger partial charge in [0.1, 0.15) is 5.52 Å². The highest BCUT2D eigenvalue weighted by atomic mass is 16.3. The maximum absolute atomic E-state index is 5.69. The Morgan fingerprint density at radius 2 is 1.76 bits per heavy atom. The minimum Gasteiger partial charge on any atom is -0.436 e. The second-order valence-electron chi connectivity index (χ2n) is 3.89. The number of hydrogen-bond donors (Lipinski definition) is 1. The molecule has 17 heavy (non-hydrogen) atoms. The molecule has 0 aliphatic heterocycles. The van der Waals surface area contributed by atoms with Gasteiger partial charge in [-0.15, -0.1) is 0 Å². The van der Waals surface area contributed by atoms with Crippen molar-refractivity contribution in [3.8, 4) is 11.5 Å². The fourth-order valence-electron chi connectivity index (χ4n) is 1.78. The fourth-order valence-corrected chi connectivity index (χ4v) is 1.78. The van der Waals surface area contributed by atoms with E-state index in [4.69, 9.17) is 10.2 Å². The molecule has 0 saturated heterocycles. The number of aromatic nitrogens is 1. The zero-order chi connectivity index (χ0) is 11.7. The van der Waals surface area contributed by atoms with Gasteiger partial charge in [-0.3, -0.25) is 0 Å². The van der Waals surface area contributed by atoms with Gasteiger partial charge < -0.3 is 10.2 Å². The van der Waals surface area contributed by atoms with Crippen molar-refractivity contribution in [1.82, 2.24) is 4.98 Å². The highest BCUT2D eigenvalue weighted by Gasteiger charge is 2.06. The SMILES string of the molecule is NCc1ccc(-c2nc3ccccc3o2)cc1. The van der Waals surface area contributed by atoms with E-state index in [1.165, 1.54) is 0 Å². The molecule has 0 aliphatic rings. The standard InChI is InChI=1S/C14H12N2O/c15-9-10-5-7-11(8-6-10)14-16-12-3-1-2-4-13(12)17-14/h1-8H,9,15H2. The summed E-state index contributed by atoms with van der Waals surface area (Å²) in [5.74, 6) is 0.648. The average Bonchev–Trinajstić information content (AvgIpc) is 2.82. The summed E-state index contributed by atoms with van der Waals surface area (Å²) in [5.41, 5.74) is 9.32. The smallest absolute Gasteiger partial charge is 0.227 e. The molecule has 0 amide bonds. The fraction of sp³-hybridized carbons (Fsp3) is 0.0714. The van der Waals surface area contributed by atoms with Crippen molar-refractivity contribution in [3.63, 3.8) is 0 Å². The molecule has 2 N–H and O–H groups in total. The second-order valence-corrected chi connectivity index (χ2v) is 3.89. The van der Waals surface area contributed by atoms with Crippen LogP contribution in [0.4, 0.5) is 0 Å². The molecule has 0 atom stereocenters. The number of nitrogens with zero attached hydrogens (tertiary/aromatic N) is 1. The van der Waals surface area contributed by atoms with E-state index in [9.17, 15) is 0 Å². The van der Waals surface area contributed by atoms with E-state index in [0.717, 1.165) is 22.2 Å². The molecule has 3 rings (SSSR count). The zero-order valence-electron chi connectivity index (χ0n) is 9.26. The zero-order valence-corrected chi connectivity index (χ0v) is 9.26. The normalized spacial score (nSPS) is 10.9. The molecule has 0 spiro atoms. The molecule has 0 radical (unpaired) electrons. The van der Waals surface area contributed by atoms with Crippen molar-refractivity contribution >= 4 is 11.1 Å². The maximum Gasteiger partial charge on any atom is 0.227 e. The second kappa shape index (κ2) is 4.03. The number of nitrogens with two attached hydrogens (primary N) is 1. The largest absolute Gasteiger partial charge is 0.436 e. The Morgan fingerprint density at radius 3 is 2.47 bits per heavy atom. The molecule has 84 valence electrons. The first-order valence-corrected chi connectivity index (χ1v) is 5.52.